The van der Waals surface area contributed by atoms with Crippen LogP contribution in [0.15, 0.2) is 66.3 Å². The summed E-state index contributed by atoms with van der Waals surface area (Å²) in [7, 11) is 3.31. The summed E-state index contributed by atoms with van der Waals surface area (Å²) in [5.74, 6) is -2.33. The predicted molar refractivity (Wildman–Crippen MR) is 167 cm³/mol. The molecule has 4 atom stereocenters. The lowest BCUT2D eigenvalue weighted by Crippen LogP contribution is -2.49. The summed E-state index contributed by atoms with van der Waals surface area (Å²) in [5.41, 5.74) is 3.60. The van der Waals surface area contributed by atoms with Gasteiger partial charge < -0.3 is 34.4 Å². The number of carbonyl (C=O) groups is 4. The van der Waals surface area contributed by atoms with Crippen molar-refractivity contribution in [2.75, 3.05) is 33.8 Å². The number of esters is 1. The Morgan fingerprint density at radius 3 is 2.57 bits per heavy atom. The van der Waals surface area contributed by atoms with Crippen molar-refractivity contribution in [3.63, 3.8) is 0 Å². The highest BCUT2D eigenvalue weighted by molar-refractivity contribution is 5.98. The van der Waals surface area contributed by atoms with Gasteiger partial charge in [0.2, 0.25) is 17.7 Å². The second-order valence-corrected chi connectivity index (χ2v) is 12.4. The summed E-state index contributed by atoms with van der Waals surface area (Å²) >= 11 is 0. The van der Waals surface area contributed by atoms with Gasteiger partial charge in [-0.1, -0.05) is 36.4 Å². The molecule has 0 saturated carbocycles. The molecule has 4 aliphatic rings. The molecule has 46 heavy (non-hydrogen) atoms. The van der Waals surface area contributed by atoms with Gasteiger partial charge in [-0.25, -0.2) is 4.79 Å². The normalized spacial score (nSPS) is 24.4. The molecule has 2 aliphatic heterocycles. The predicted octanol–water partition coefficient (Wildman–Crippen LogP) is 2.02. The molecule has 11 heteroatoms. The maximum absolute atomic E-state index is 13.9. The van der Waals surface area contributed by atoms with Gasteiger partial charge >= 0.3 is 5.97 Å². The SMILES string of the molecule is CN(C)C(=O)C=Cc1cccc(C(=O)O[C@@H]2CC(C(=O)N3CCC[C@@H]3C(=O)NCCO)=C[C@H]3OC4(Cc5ccccc5C4)O[C@H]32)c1. The van der Waals surface area contributed by atoms with Gasteiger partial charge in [0.15, 0.2) is 5.79 Å². The molecule has 242 valence electrons. The molecule has 2 aliphatic carbocycles. The number of benzene rings is 2. The van der Waals surface area contributed by atoms with Crippen molar-refractivity contribution in [2.24, 2.45) is 0 Å². The van der Waals surface area contributed by atoms with E-state index in [1.165, 1.54) is 11.0 Å². The standard InChI is InChI=1S/C35H39N3O8/c1-37(2)30(40)13-12-22-7-5-10-23(17-22)34(43)44-28-18-26(33(42)38-15-6-11-27(38)32(41)36-14-16-39)19-29-31(28)46-35(45-29)20-24-8-3-4-9-25(24)21-35/h3-5,7-10,12-13,17,19,27-29,31,39H,6,11,14-16,18,20-21H2,1-2H3,(H,36,41)/t27-,28-,29-,31+/m1/s1. The molecule has 2 aromatic rings. The number of hydrogen-bond donors (Lipinski definition) is 2. The molecule has 2 N–H and O–H groups in total. The number of ether oxygens (including phenoxy) is 3. The number of carbonyl (C=O) groups excluding carboxylic acids is 4. The Morgan fingerprint density at radius 2 is 1.85 bits per heavy atom. The summed E-state index contributed by atoms with van der Waals surface area (Å²) in [6.45, 7) is 0.337. The molecule has 2 saturated heterocycles. The fourth-order valence-corrected chi connectivity index (χ4v) is 6.71. The van der Waals surface area contributed by atoms with E-state index in [1.54, 1.807) is 55.4 Å². The Hall–Kier alpha value is -4.32. The Kier molecular flexibility index (Phi) is 9.08. The third-order valence-electron chi connectivity index (χ3n) is 8.96. The highest BCUT2D eigenvalue weighted by atomic mass is 16.8. The Bertz CT molecular complexity index is 1560. The van der Waals surface area contributed by atoms with Gasteiger partial charge in [-0.05, 0) is 53.8 Å². The van der Waals surface area contributed by atoms with E-state index < -0.39 is 36.1 Å². The van der Waals surface area contributed by atoms with Crippen LogP contribution in [0.1, 0.15) is 46.3 Å². The van der Waals surface area contributed by atoms with Crippen LogP contribution in [0, 0.1) is 0 Å². The highest BCUT2D eigenvalue weighted by Crippen LogP contribution is 2.45. The minimum atomic E-state index is -0.942. The molecule has 2 aromatic carbocycles. The monoisotopic (exact) mass is 629 g/mol. The van der Waals surface area contributed by atoms with Crippen molar-refractivity contribution in [3.05, 3.63) is 88.5 Å². The van der Waals surface area contributed by atoms with Crippen LogP contribution in [-0.2, 0) is 41.4 Å². The van der Waals surface area contributed by atoms with Crippen LogP contribution in [0.4, 0.5) is 0 Å². The molecular weight excluding hydrogens is 590 g/mol. The molecule has 6 rings (SSSR count). The average molecular weight is 630 g/mol. The first-order chi connectivity index (χ1) is 22.2. The zero-order chi connectivity index (χ0) is 32.4. The Labute approximate surface area is 267 Å². The Balaban J connectivity index is 1.24. The fraction of sp³-hybridized carbons (Fsp3) is 0.429. The number of rotatable bonds is 8. The molecule has 0 aromatic heterocycles. The lowest BCUT2D eigenvalue weighted by Gasteiger charge is -2.32. The molecule has 0 unspecified atom stereocenters. The molecule has 3 amide bonds. The number of aliphatic hydroxyl groups excluding tert-OH is 1. The highest BCUT2D eigenvalue weighted by Gasteiger charge is 2.55. The number of aliphatic hydroxyl groups is 1. The van der Waals surface area contributed by atoms with E-state index >= 15 is 0 Å². The maximum Gasteiger partial charge on any atom is 0.338 e. The van der Waals surface area contributed by atoms with Gasteiger partial charge in [0.1, 0.15) is 24.4 Å². The second kappa shape index (κ2) is 13.2. The molecule has 0 bridgehead atoms. The first-order valence-electron chi connectivity index (χ1n) is 15.7. The summed E-state index contributed by atoms with van der Waals surface area (Å²) < 4.78 is 19.3. The lowest BCUT2D eigenvalue weighted by atomic mass is 9.91. The van der Waals surface area contributed by atoms with Crippen LogP contribution in [0.2, 0.25) is 0 Å². The molecule has 0 radical (unpaired) electrons. The van der Waals surface area contributed by atoms with Crippen LogP contribution in [0.3, 0.4) is 0 Å². The summed E-state index contributed by atoms with van der Waals surface area (Å²) in [5, 5.41) is 11.8. The van der Waals surface area contributed by atoms with Crippen LogP contribution < -0.4 is 5.32 Å². The smallest absolute Gasteiger partial charge is 0.338 e. The van der Waals surface area contributed by atoms with E-state index in [2.05, 4.69) is 5.32 Å². The van der Waals surface area contributed by atoms with Crippen LogP contribution in [-0.4, -0.2) is 103 Å². The lowest BCUT2D eigenvalue weighted by molar-refractivity contribution is -0.172. The van der Waals surface area contributed by atoms with Gasteiger partial charge in [-0.3, -0.25) is 14.4 Å². The minimum Gasteiger partial charge on any atom is -0.456 e. The van der Waals surface area contributed by atoms with Gasteiger partial charge in [0, 0.05) is 58.1 Å². The number of fused-ring (bicyclic) bond motifs is 2. The number of nitrogens with zero attached hydrogens (tertiary/aromatic N) is 2. The summed E-state index contributed by atoms with van der Waals surface area (Å²) in [4.78, 5) is 55.3. The van der Waals surface area contributed by atoms with Crippen molar-refractivity contribution < 1.29 is 38.5 Å². The van der Waals surface area contributed by atoms with Gasteiger partial charge in [-0.15, -0.1) is 0 Å². The number of likely N-dealkylation sites (tertiary alicyclic amines) is 1. The van der Waals surface area contributed by atoms with Gasteiger partial charge in [0.05, 0.1) is 12.2 Å². The fourth-order valence-electron chi connectivity index (χ4n) is 6.71. The zero-order valence-electron chi connectivity index (χ0n) is 26.0. The topological polar surface area (TPSA) is 135 Å². The Morgan fingerprint density at radius 1 is 1.09 bits per heavy atom. The largest absolute Gasteiger partial charge is 0.456 e. The number of nitrogens with one attached hydrogen (secondary N) is 1. The molecule has 2 fully saturated rings. The average Bonchev–Trinajstić information content (AvgIpc) is 3.78. The third kappa shape index (κ3) is 6.48. The second-order valence-electron chi connectivity index (χ2n) is 12.4. The van der Waals surface area contributed by atoms with Crippen molar-refractivity contribution >= 4 is 29.8 Å². The van der Waals surface area contributed by atoms with Crippen molar-refractivity contribution in [3.8, 4) is 0 Å². The summed E-state index contributed by atoms with van der Waals surface area (Å²) in [6, 6.07) is 14.2. The van der Waals surface area contributed by atoms with E-state index in [1.807, 2.05) is 24.3 Å². The molecule has 1 spiro atoms. The van der Waals surface area contributed by atoms with Crippen molar-refractivity contribution in [1.82, 2.24) is 15.1 Å². The third-order valence-corrected chi connectivity index (χ3v) is 8.96. The molecule has 11 nitrogen and oxygen atoms in total. The first kappa shape index (κ1) is 31.7. The van der Waals surface area contributed by atoms with E-state index in [4.69, 9.17) is 19.3 Å². The van der Waals surface area contributed by atoms with E-state index in [-0.39, 0.29) is 37.3 Å². The number of amides is 3. The molecule has 2 heterocycles. The van der Waals surface area contributed by atoms with E-state index in [9.17, 15) is 19.2 Å². The zero-order valence-corrected chi connectivity index (χ0v) is 26.0. The number of hydrogen-bond acceptors (Lipinski definition) is 8. The van der Waals surface area contributed by atoms with E-state index in [0.717, 1.165) is 11.1 Å². The minimum absolute atomic E-state index is 0.0938. The van der Waals surface area contributed by atoms with Gasteiger partial charge in [-0.2, -0.15) is 0 Å². The molecular formula is C35H39N3O8. The van der Waals surface area contributed by atoms with Crippen LogP contribution in [0.25, 0.3) is 6.08 Å². The van der Waals surface area contributed by atoms with Crippen molar-refractivity contribution in [1.29, 1.82) is 0 Å². The quantitative estimate of drug-likeness (QED) is 0.335. The number of likely N-dealkylation sites (N-methyl/N-ethyl adjacent to an activating group) is 1. The first-order valence-corrected chi connectivity index (χ1v) is 15.7. The van der Waals surface area contributed by atoms with E-state index in [0.29, 0.717) is 48.9 Å². The van der Waals surface area contributed by atoms with Crippen LogP contribution >= 0.6 is 0 Å². The maximum atomic E-state index is 13.9. The van der Waals surface area contributed by atoms with Crippen molar-refractivity contribution in [2.45, 2.75) is 62.2 Å². The van der Waals surface area contributed by atoms with Gasteiger partial charge in [0.25, 0.3) is 0 Å². The van der Waals surface area contributed by atoms with Crippen LogP contribution in [0.5, 0.6) is 0 Å². The summed E-state index contributed by atoms with van der Waals surface area (Å²) in [6.07, 6.45) is 5.07.